The maximum Gasteiger partial charge on any atom is 0.225 e. The number of benzene rings is 1. The minimum Gasteiger partial charge on any atom is -0.355 e. The fraction of sp³-hybridized carbons (Fsp3) is 0.562. The van der Waals surface area contributed by atoms with Crippen LogP contribution in [0.3, 0.4) is 0 Å². The molecule has 2 rings (SSSR count). The first-order valence-corrected chi connectivity index (χ1v) is 7.99. The Morgan fingerprint density at radius 1 is 1.25 bits per heavy atom. The second kappa shape index (κ2) is 6.82. The van der Waals surface area contributed by atoms with Crippen LogP contribution in [0.5, 0.6) is 0 Å². The molecule has 1 N–H and O–H groups in total. The first-order chi connectivity index (χ1) is 9.51. The molecule has 110 valence electrons. The molecule has 1 aromatic rings. The maximum atomic E-state index is 12.3. The lowest BCUT2D eigenvalue weighted by Gasteiger charge is -2.32. The van der Waals surface area contributed by atoms with Crippen LogP contribution < -0.4 is 5.32 Å². The lowest BCUT2D eigenvalue weighted by molar-refractivity contribution is -0.131. The highest BCUT2D eigenvalue weighted by Crippen LogP contribution is 2.35. The van der Waals surface area contributed by atoms with E-state index in [0.29, 0.717) is 16.6 Å². The summed E-state index contributed by atoms with van der Waals surface area (Å²) in [4.78, 5) is 12.3. The maximum absolute atomic E-state index is 12.3. The molecule has 0 aliphatic heterocycles. The first kappa shape index (κ1) is 15.7. The molecule has 20 heavy (non-hydrogen) atoms. The topological polar surface area (TPSA) is 29.1 Å². The van der Waals surface area contributed by atoms with Crippen LogP contribution in [-0.2, 0) is 11.2 Å². The van der Waals surface area contributed by atoms with Crippen LogP contribution in [0.25, 0.3) is 0 Å². The molecule has 0 bridgehead atoms. The van der Waals surface area contributed by atoms with Crippen molar-refractivity contribution in [2.45, 2.75) is 45.4 Å². The summed E-state index contributed by atoms with van der Waals surface area (Å²) >= 11 is 12.0. The van der Waals surface area contributed by atoms with Crippen molar-refractivity contribution in [3.05, 3.63) is 33.8 Å². The number of halogens is 2. The second-order valence-electron chi connectivity index (χ2n) is 5.86. The van der Waals surface area contributed by atoms with E-state index >= 15 is 0 Å². The molecule has 0 aromatic heterocycles. The molecule has 0 spiro atoms. The fourth-order valence-corrected chi connectivity index (χ4v) is 3.31. The minimum absolute atomic E-state index is 0.179. The summed E-state index contributed by atoms with van der Waals surface area (Å²) in [7, 11) is 0. The molecule has 1 saturated carbocycles. The second-order valence-corrected chi connectivity index (χ2v) is 6.71. The molecule has 0 heterocycles. The van der Waals surface area contributed by atoms with Gasteiger partial charge in [0.1, 0.15) is 0 Å². The van der Waals surface area contributed by atoms with Crippen LogP contribution in [0.4, 0.5) is 0 Å². The van der Waals surface area contributed by atoms with Gasteiger partial charge in [0.05, 0.1) is 0 Å². The highest BCUT2D eigenvalue weighted by atomic mass is 35.5. The predicted octanol–water partition coefficient (Wildman–Crippen LogP) is 4.62. The summed E-state index contributed by atoms with van der Waals surface area (Å²) in [5, 5.41) is 4.35. The van der Waals surface area contributed by atoms with Gasteiger partial charge in [0.15, 0.2) is 0 Å². The van der Waals surface area contributed by atoms with Gasteiger partial charge in [-0.25, -0.2) is 0 Å². The summed E-state index contributed by atoms with van der Waals surface area (Å²) < 4.78 is 0. The number of carbonyl (C=O) groups excluding carboxylic acids is 1. The normalized spacial score (nSPS) is 17.8. The average Bonchev–Trinajstić information content (AvgIpc) is 2.42. The van der Waals surface area contributed by atoms with Gasteiger partial charge in [-0.3, -0.25) is 4.79 Å². The van der Waals surface area contributed by atoms with E-state index in [1.165, 1.54) is 6.42 Å². The smallest absolute Gasteiger partial charge is 0.225 e. The monoisotopic (exact) mass is 313 g/mol. The molecule has 0 atom stereocenters. The molecule has 1 aliphatic carbocycles. The number of nitrogens with one attached hydrogen (secondary N) is 1. The van der Waals surface area contributed by atoms with Crippen molar-refractivity contribution in [3.63, 3.8) is 0 Å². The Bertz CT molecular complexity index is 481. The molecule has 2 nitrogen and oxygen atoms in total. The van der Waals surface area contributed by atoms with E-state index in [0.717, 1.165) is 37.7 Å². The number of hydrogen-bond donors (Lipinski definition) is 1. The van der Waals surface area contributed by atoms with E-state index in [4.69, 9.17) is 23.2 Å². The van der Waals surface area contributed by atoms with Crippen molar-refractivity contribution in [1.82, 2.24) is 5.32 Å². The summed E-state index contributed by atoms with van der Waals surface area (Å²) in [5.41, 5.74) is 0.840. The molecule has 0 saturated heterocycles. The van der Waals surface area contributed by atoms with E-state index in [1.807, 2.05) is 12.1 Å². The van der Waals surface area contributed by atoms with Crippen molar-refractivity contribution >= 4 is 29.1 Å². The van der Waals surface area contributed by atoms with Crippen LogP contribution in [0.1, 0.15) is 44.6 Å². The molecular formula is C16H21Cl2NO. The van der Waals surface area contributed by atoms with Crippen molar-refractivity contribution in [2.24, 2.45) is 5.41 Å². The van der Waals surface area contributed by atoms with Gasteiger partial charge in [0, 0.05) is 22.0 Å². The first-order valence-electron chi connectivity index (χ1n) is 7.23. The standard InChI is InChI=1S/C16H21Cl2NO/c1-16(8-3-2-4-9-16)15(20)19-10-7-12-5-6-13(17)11-14(12)18/h5-6,11H,2-4,7-10H2,1H3,(H,19,20). The third-order valence-electron chi connectivity index (χ3n) is 4.20. The molecule has 1 aliphatic rings. The zero-order valence-corrected chi connectivity index (χ0v) is 13.4. The van der Waals surface area contributed by atoms with E-state index in [9.17, 15) is 4.79 Å². The van der Waals surface area contributed by atoms with Gasteiger partial charge in [-0.15, -0.1) is 0 Å². The Morgan fingerprint density at radius 3 is 2.60 bits per heavy atom. The lowest BCUT2D eigenvalue weighted by Crippen LogP contribution is -2.41. The third kappa shape index (κ3) is 3.89. The minimum atomic E-state index is -0.179. The van der Waals surface area contributed by atoms with Gasteiger partial charge >= 0.3 is 0 Å². The van der Waals surface area contributed by atoms with E-state index in [2.05, 4.69) is 12.2 Å². The van der Waals surface area contributed by atoms with Gasteiger partial charge in [0.25, 0.3) is 0 Å². The van der Waals surface area contributed by atoms with Gasteiger partial charge < -0.3 is 5.32 Å². The molecular weight excluding hydrogens is 293 g/mol. The predicted molar refractivity (Wildman–Crippen MR) is 84.4 cm³/mol. The Balaban J connectivity index is 1.84. The molecule has 4 heteroatoms. The number of amides is 1. The summed E-state index contributed by atoms with van der Waals surface area (Å²) in [6, 6.07) is 5.48. The van der Waals surface area contributed by atoms with Crippen LogP contribution in [0.15, 0.2) is 18.2 Å². The molecule has 1 amide bonds. The Kier molecular flexibility index (Phi) is 5.34. The van der Waals surface area contributed by atoms with Crippen molar-refractivity contribution in [3.8, 4) is 0 Å². The lowest BCUT2D eigenvalue weighted by atomic mass is 9.75. The SMILES string of the molecule is CC1(C(=O)NCCc2ccc(Cl)cc2Cl)CCCCC1. The Labute approximate surface area is 130 Å². The van der Waals surface area contributed by atoms with E-state index < -0.39 is 0 Å². The summed E-state index contributed by atoms with van der Waals surface area (Å²) in [6.07, 6.45) is 6.31. The number of carbonyl (C=O) groups is 1. The quantitative estimate of drug-likeness (QED) is 0.863. The van der Waals surface area contributed by atoms with Crippen molar-refractivity contribution in [2.75, 3.05) is 6.54 Å². The highest BCUT2D eigenvalue weighted by molar-refractivity contribution is 6.35. The third-order valence-corrected chi connectivity index (χ3v) is 4.79. The van der Waals surface area contributed by atoms with Crippen LogP contribution in [-0.4, -0.2) is 12.5 Å². The number of hydrogen-bond acceptors (Lipinski definition) is 1. The molecule has 1 fully saturated rings. The Morgan fingerprint density at radius 2 is 1.95 bits per heavy atom. The zero-order chi connectivity index (χ0) is 14.6. The fourth-order valence-electron chi connectivity index (χ4n) is 2.81. The molecule has 1 aromatic carbocycles. The average molecular weight is 314 g/mol. The highest BCUT2D eigenvalue weighted by Gasteiger charge is 2.33. The van der Waals surface area contributed by atoms with Crippen LogP contribution >= 0.6 is 23.2 Å². The molecule has 0 radical (unpaired) electrons. The molecule has 0 unspecified atom stereocenters. The zero-order valence-electron chi connectivity index (χ0n) is 11.8. The van der Waals surface area contributed by atoms with Crippen molar-refractivity contribution in [1.29, 1.82) is 0 Å². The summed E-state index contributed by atoms with van der Waals surface area (Å²) in [6.45, 7) is 2.70. The van der Waals surface area contributed by atoms with Crippen LogP contribution in [0, 0.1) is 5.41 Å². The van der Waals surface area contributed by atoms with Gasteiger partial charge in [-0.05, 0) is 37.0 Å². The van der Waals surface area contributed by atoms with Gasteiger partial charge in [-0.2, -0.15) is 0 Å². The van der Waals surface area contributed by atoms with E-state index in [-0.39, 0.29) is 11.3 Å². The van der Waals surface area contributed by atoms with Crippen LogP contribution in [0.2, 0.25) is 10.0 Å². The van der Waals surface area contributed by atoms with Gasteiger partial charge in [-0.1, -0.05) is 55.5 Å². The number of rotatable bonds is 4. The van der Waals surface area contributed by atoms with E-state index in [1.54, 1.807) is 6.07 Å². The van der Waals surface area contributed by atoms with Gasteiger partial charge in [0.2, 0.25) is 5.91 Å². The van der Waals surface area contributed by atoms with Crippen molar-refractivity contribution < 1.29 is 4.79 Å². The Hall–Kier alpha value is -0.730. The summed E-state index contributed by atoms with van der Waals surface area (Å²) in [5.74, 6) is 0.183. The largest absolute Gasteiger partial charge is 0.355 e.